The van der Waals surface area contributed by atoms with Crippen molar-refractivity contribution in [2.24, 2.45) is 0 Å². The summed E-state index contributed by atoms with van der Waals surface area (Å²) >= 11 is 0.992. The summed E-state index contributed by atoms with van der Waals surface area (Å²) in [5.41, 5.74) is 6.54. The highest BCUT2D eigenvalue weighted by Gasteiger charge is 2.07. The van der Waals surface area contributed by atoms with Crippen LogP contribution in [-0.2, 0) is 0 Å². The molecule has 2 aromatic rings. The first-order valence-corrected chi connectivity index (χ1v) is 4.19. The van der Waals surface area contributed by atoms with Crippen molar-refractivity contribution in [1.82, 2.24) is 13.7 Å². The molecule has 0 spiro atoms. The molecule has 0 aromatic carbocycles. The third-order valence-electron chi connectivity index (χ3n) is 1.49. The number of aromatic nitrogens is 3. The smallest absolute Gasteiger partial charge is 0.165 e. The third kappa shape index (κ3) is 1.48. The number of nitrogens with two attached hydrogens (primary N) is 1. The zero-order valence-corrected chi connectivity index (χ0v) is 7.25. The number of nitrogens with zero attached hydrogens (tertiary/aromatic N) is 3. The number of pyridine rings is 1. The molecule has 0 unspecified atom stereocenters. The van der Waals surface area contributed by atoms with Crippen LogP contribution in [-0.4, -0.2) is 13.7 Å². The second kappa shape index (κ2) is 3.06. The van der Waals surface area contributed by atoms with Crippen molar-refractivity contribution in [1.29, 1.82) is 0 Å². The van der Waals surface area contributed by atoms with E-state index in [1.165, 1.54) is 12.3 Å². The number of halogens is 1. The van der Waals surface area contributed by atoms with Crippen molar-refractivity contribution in [3.05, 3.63) is 24.3 Å². The Hall–Kier alpha value is -1.56. The molecule has 0 radical (unpaired) electrons. The number of rotatable bonds is 1. The summed E-state index contributed by atoms with van der Waals surface area (Å²) in [5.74, 6) is -0.109. The highest BCUT2D eigenvalue weighted by molar-refractivity contribution is 6.99. The number of anilines is 1. The summed E-state index contributed by atoms with van der Waals surface area (Å²) in [6.07, 6.45) is 2.62. The molecule has 0 aliphatic heterocycles. The lowest BCUT2D eigenvalue weighted by Gasteiger charge is -1.95. The fourth-order valence-electron chi connectivity index (χ4n) is 0.937. The minimum absolute atomic E-state index is 0.303. The van der Waals surface area contributed by atoms with Gasteiger partial charge in [0.05, 0.1) is 17.9 Å². The van der Waals surface area contributed by atoms with Crippen LogP contribution >= 0.6 is 11.7 Å². The fourth-order valence-corrected chi connectivity index (χ4v) is 1.43. The Kier molecular flexibility index (Phi) is 1.90. The lowest BCUT2D eigenvalue weighted by molar-refractivity contribution is 0.622. The molecule has 2 aromatic heterocycles. The van der Waals surface area contributed by atoms with Gasteiger partial charge < -0.3 is 5.73 Å². The molecule has 6 heteroatoms. The van der Waals surface area contributed by atoms with E-state index in [9.17, 15) is 4.39 Å². The van der Waals surface area contributed by atoms with Crippen molar-refractivity contribution in [3.63, 3.8) is 0 Å². The van der Waals surface area contributed by atoms with Gasteiger partial charge in [0, 0.05) is 11.8 Å². The summed E-state index contributed by atoms with van der Waals surface area (Å²) in [4.78, 5) is 3.69. The monoisotopic (exact) mass is 196 g/mol. The number of hydrogen-bond acceptors (Lipinski definition) is 5. The van der Waals surface area contributed by atoms with E-state index in [0.29, 0.717) is 17.1 Å². The molecule has 0 atom stereocenters. The van der Waals surface area contributed by atoms with Crippen molar-refractivity contribution in [2.45, 2.75) is 0 Å². The molecule has 0 saturated carbocycles. The quantitative estimate of drug-likeness (QED) is 0.747. The Morgan fingerprint density at radius 1 is 1.31 bits per heavy atom. The average molecular weight is 196 g/mol. The Morgan fingerprint density at radius 3 is 2.77 bits per heavy atom. The molecular weight excluding hydrogens is 191 g/mol. The Morgan fingerprint density at radius 2 is 2.15 bits per heavy atom. The molecule has 66 valence electrons. The molecule has 2 N–H and O–H groups in total. The Bertz CT molecular complexity index is 428. The molecule has 0 bridgehead atoms. The largest absolute Gasteiger partial charge is 0.381 e. The van der Waals surface area contributed by atoms with E-state index in [-0.39, 0.29) is 0 Å². The van der Waals surface area contributed by atoms with E-state index in [1.54, 1.807) is 0 Å². The topological polar surface area (TPSA) is 64.7 Å². The van der Waals surface area contributed by atoms with Crippen molar-refractivity contribution >= 4 is 17.5 Å². The molecular formula is C7H5FN4S. The molecule has 0 aliphatic rings. The average Bonchev–Trinajstić information content (AvgIpc) is 2.51. The van der Waals surface area contributed by atoms with Crippen molar-refractivity contribution in [2.75, 3.05) is 5.73 Å². The standard InChI is InChI=1S/C7H5FN4S/c8-5-1-4(2-10-3-5)6-7(9)12-13-11-6/h1-3H,(H2,9,12). The van der Waals surface area contributed by atoms with Gasteiger partial charge in [0.25, 0.3) is 0 Å². The SMILES string of the molecule is Nc1nsnc1-c1cncc(F)c1. The van der Waals surface area contributed by atoms with E-state index in [4.69, 9.17) is 5.73 Å². The van der Waals surface area contributed by atoms with Gasteiger partial charge in [-0.1, -0.05) is 0 Å². The number of nitrogen functional groups attached to an aromatic ring is 1. The molecule has 0 aliphatic carbocycles. The predicted molar refractivity (Wildman–Crippen MR) is 47.5 cm³/mol. The van der Waals surface area contributed by atoms with E-state index in [2.05, 4.69) is 13.7 Å². The zero-order chi connectivity index (χ0) is 9.26. The van der Waals surface area contributed by atoms with Gasteiger partial charge in [0.1, 0.15) is 11.5 Å². The van der Waals surface area contributed by atoms with Crippen LogP contribution in [0.25, 0.3) is 11.3 Å². The van der Waals surface area contributed by atoms with Crippen molar-refractivity contribution < 1.29 is 4.39 Å². The van der Waals surface area contributed by atoms with E-state index < -0.39 is 5.82 Å². The second-order valence-corrected chi connectivity index (χ2v) is 2.92. The summed E-state index contributed by atoms with van der Waals surface area (Å²) in [6.45, 7) is 0. The van der Waals surface area contributed by atoms with Gasteiger partial charge in [-0.2, -0.15) is 8.75 Å². The first-order chi connectivity index (χ1) is 6.27. The highest BCUT2D eigenvalue weighted by Crippen LogP contribution is 2.22. The maximum Gasteiger partial charge on any atom is 0.165 e. The lowest BCUT2D eigenvalue weighted by atomic mass is 10.2. The van der Waals surface area contributed by atoms with Crippen molar-refractivity contribution in [3.8, 4) is 11.3 Å². The predicted octanol–water partition coefficient (Wildman–Crippen LogP) is 1.32. The van der Waals surface area contributed by atoms with Gasteiger partial charge >= 0.3 is 0 Å². The second-order valence-electron chi connectivity index (χ2n) is 2.39. The maximum atomic E-state index is 12.7. The molecule has 2 rings (SSSR count). The summed E-state index contributed by atoms with van der Waals surface area (Å²) in [7, 11) is 0. The van der Waals surface area contributed by atoms with Gasteiger partial charge in [0.15, 0.2) is 5.82 Å². The van der Waals surface area contributed by atoms with E-state index >= 15 is 0 Å². The first kappa shape index (κ1) is 8.06. The summed E-state index contributed by atoms with van der Waals surface area (Å²) in [5, 5.41) is 0. The van der Waals surface area contributed by atoms with E-state index in [1.807, 2.05) is 0 Å². The van der Waals surface area contributed by atoms with Crippen LogP contribution < -0.4 is 5.73 Å². The van der Waals surface area contributed by atoms with Gasteiger partial charge in [0.2, 0.25) is 0 Å². The van der Waals surface area contributed by atoms with Gasteiger partial charge in [-0.05, 0) is 6.07 Å². The fraction of sp³-hybridized carbons (Fsp3) is 0. The van der Waals surface area contributed by atoms with Crippen LogP contribution in [0.1, 0.15) is 0 Å². The normalized spacial score (nSPS) is 10.2. The van der Waals surface area contributed by atoms with Gasteiger partial charge in [-0.3, -0.25) is 4.98 Å². The van der Waals surface area contributed by atoms with Gasteiger partial charge in [-0.25, -0.2) is 4.39 Å². The molecule has 13 heavy (non-hydrogen) atoms. The molecule has 2 heterocycles. The molecule has 0 fully saturated rings. The summed E-state index contributed by atoms with van der Waals surface area (Å²) in [6, 6.07) is 1.32. The van der Waals surface area contributed by atoms with Crippen LogP contribution in [0, 0.1) is 5.82 Å². The van der Waals surface area contributed by atoms with E-state index in [0.717, 1.165) is 17.9 Å². The molecule has 0 saturated heterocycles. The van der Waals surface area contributed by atoms with Crippen LogP contribution in [0.2, 0.25) is 0 Å². The molecule has 4 nitrogen and oxygen atoms in total. The zero-order valence-electron chi connectivity index (χ0n) is 6.44. The Labute approximate surface area is 77.6 Å². The minimum Gasteiger partial charge on any atom is -0.381 e. The molecule has 0 amide bonds. The Balaban J connectivity index is 2.53. The highest BCUT2D eigenvalue weighted by atomic mass is 32.1. The first-order valence-electron chi connectivity index (χ1n) is 3.46. The minimum atomic E-state index is -0.412. The lowest BCUT2D eigenvalue weighted by Crippen LogP contribution is -1.89. The number of hydrogen-bond donors (Lipinski definition) is 1. The van der Waals surface area contributed by atoms with Crippen LogP contribution in [0.4, 0.5) is 10.2 Å². The van der Waals surface area contributed by atoms with Crippen LogP contribution in [0.15, 0.2) is 18.5 Å². The van der Waals surface area contributed by atoms with Crippen LogP contribution in [0.5, 0.6) is 0 Å². The van der Waals surface area contributed by atoms with Gasteiger partial charge in [-0.15, -0.1) is 0 Å². The summed E-state index contributed by atoms with van der Waals surface area (Å²) < 4.78 is 20.4. The maximum absolute atomic E-state index is 12.7. The third-order valence-corrected chi connectivity index (χ3v) is 2.03. The van der Waals surface area contributed by atoms with Crippen LogP contribution in [0.3, 0.4) is 0 Å².